The number of para-hydroxylation sites is 1. The van der Waals surface area contributed by atoms with Crippen LogP contribution in [0.15, 0.2) is 46.3 Å². The zero-order valence-electron chi connectivity index (χ0n) is 12.5. The maximum atomic E-state index is 12.5. The number of anilines is 1. The monoisotopic (exact) mass is 294 g/mol. The van der Waals surface area contributed by atoms with Crippen LogP contribution in [0.5, 0.6) is 0 Å². The number of nitrogens with zero attached hydrogens (tertiary/aromatic N) is 3. The molecule has 0 radical (unpaired) electrons. The van der Waals surface area contributed by atoms with E-state index in [0.717, 1.165) is 12.8 Å². The van der Waals surface area contributed by atoms with E-state index in [-0.39, 0.29) is 5.56 Å². The fourth-order valence-corrected chi connectivity index (χ4v) is 3.33. The summed E-state index contributed by atoms with van der Waals surface area (Å²) in [5.41, 5.74) is 4.88. The van der Waals surface area contributed by atoms with Crippen LogP contribution in [-0.2, 0) is 6.54 Å². The van der Waals surface area contributed by atoms with Gasteiger partial charge < -0.3 is 0 Å². The van der Waals surface area contributed by atoms with Crippen molar-refractivity contribution in [2.45, 2.75) is 26.3 Å². The number of allylic oxidation sites excluding steroid dienone is 2. The lowest BCUT2D eigenvalue weighted by molar-refractivity contribution is 0.466. The van der Waals surface area contributed by atoms with E-state index in [1.807, 2.05) is 31.2 Å². The molecule has 2 aromatic rings. The lowest BCUT2D eigenvalue weighted by Crippen LogP contribution is -2.34. The largest absolute Gasteiger partial charge is 0.277 e. The number of hydrazone groups is 1. The fourth-order valence-electron chi connectivity index (χ4n) is 3.33. The average Bonchev–Trinajstić information content (AvgIpc) is 2.89. The normalized spacial score (nSPS) is 24.5. The highest BCUT2D eigenvalue weighted by Crippen LogP contribution is 2.40. The summed E-state index contributed by atoms with van der Waals surface area (Å²) in [4.78, 5) is 17.1. The molecule has 0 amide bonds. The molecular formula is C17H18N4O. The highest BCUT2D eigenvalue weighted by molar-refractivity contribution is 5.94. The molecular weight excluding hydrogens is 276 g/mol. The van der Waals surface area contributed by atoms with Crippen molar-refractivity contribution in [3.63, 3.8) is 0 Å². The van der Waals surface area contributed by atoms with Gasteiger partial charge in [-0.05, 0) is 37.8 Å². The molecule has 22 heavy (non-hydrogen) atoms. The minimum Gasteiger partial charge on any atom is -0.277 e. The topological polar surface area (TPSA) is 59.3 Å². The Bertz CT molecular complexity index is 849. The van der Waals surface area contributed by atoms with Gasteiger partial charge in [0, 0.05) is 18.2 Å². The Balaban J connectivity index is 1.69. The number of aromatic nitrogens is 2. The van der Waals surface area contributed by atoms with Gasteiger partial charge in [0.1, 0.15) is 0 Å². The van der Waals surface area contributed by atoms with Crippen LogP contribution in [0.2, 0.25) is 0 Å². The summed E-state index contributed by atoms with van der Waals surface area (Å²) in [5.74, 6) is 1.74. The van der Waals surface area contributed by atoms with E-state index in [9.17, 15) is 4.79 Å². The van der Waals surface area contributed by atoms with Crippen molar-refractivity contribution in [2.24, 2.45) is 16.9 Å². The van der Waals surface area contributed by atoms with Crippen LogP contribution in [0.25, 0.3) is 10.9 Å². The lowest BCUT2D eigenvalue weighted by Gasteiger charge is -2.31. The first-order chi connectivity index (χ1) is 10.8. The second kappa shape index (κ2) is 5.09. The summed E-state index contributed by atoms with van der Waals surface area (Å²) in [5, 5.41) is 5.15. The van der Waals surface area contributed by atoms with E-state index < -0.39 is 0 Å². The Morgan fingerprint density at radius 2 is 2.27 bits per heavy atom. The van der Waals surface area contributed by atoms with Gasteiger partial charge in [0.2, 0.25) is 5.95 Å². The van der Waals surface area contributed by atoms with Gasteiger partial charge in [-0.3, -0.25) is 9.36 Å². The first-order valence-electron chi connectivity index (χ1n) is 7.76. The second-order valence-electron chi connectivity index (χ2n) is 5.86. The van der Waals surface area contributed by atoms with E-state index in [2.05, 4.69) is 27.7 Å². The standard InChI is InChI=1S/C17H18N4O/c1-2-21-16(22)13-7-3-4-9-14(13)18-17(21)20-19-15-10-11-6-5-8-12(11)15/h3-7,9,11-12H,2,8,10H2,1H3,(H,18,20)/b19-15-/t11-,12+/m1/s1. The fraction of sp³-hybridized carbons (Fsp3) is 0.353. The van der Waals surface area contributed by atoms with Crippen molar-refractivity contribution in [1.82, 2.24) is 9.55 Å². The van der Waals surface area contributed by atoms with Crippen molar-refractivity contribution >= 4 is 22.6 Å². The van der Waals surface area contributed by atoms with E-state index in [1.165, 1.54) is 5.71 Å². The van der Waals surface area contributed by atoms with Crippen LogP contribution in [-0.4, -0.2) is 15.3 Å². The maximum Gasteiger partial charge on any atom is 0.262 e. The first-order valence-corrected chi connectivity index (χ1v) is 7.76. The number of nitrogens with one attached hydrogen (secondary N) is 1. The summed E-state index contributed by atoms with van der Waals surface area (Å²) in [6.45, 7) is 2.51. The molecule has 1 N–H and O–H groups in total. The Morgan fingerprint density at radius 3 is 3.09 bits per heavy atom. The molecule has 0 spiro atoms. The van der Waals surface area contributed by atoms with Gasteiger partial charge in [0.25, 0.3) is 5.56 Å². The predicted molar refractivity (Wildman–Crippen MR) is 88.1 cm³/mol. The van der Waals surface area contributed by atoms with Crippen LogP contribution in [0.3, 0.4) is 0 Å². The van der Waals surface area contributed by atoms with Crippen LogP contribution < -0.4 is 11.0 Å². The molecule has 5 heteroatoms. The van der Waals surface area contributed by atoms with Gasteiger partial charge >= 0.3 is 0 Å². The molecule has 0 aliphatic heterocycles. The van der Waals surface area contributed by atoms with E-state index in [4.69, 9.17) is 0 Å². The molecule has 1 saturated carbocycles. The van der Waals surface area contributed by atoms with Crippen LogP contribution in [0.1, 0.15) is 19.8 Å². The van der Waals surface area contributed by atoms with E-state index >= 15 is 0 Å². The number of benzene rings is 1. The third-order valence-electron chi connectivity index (χ3n) is 4.64. The Morgan fingerprint density at radius 1 is 1.41 bits per heavy atom. The molecule has 1 aromatic heterocycles. The van der Waals surface area contributed by atoms with Gasteiger partial charge in [-0.2, -0.15) is 5.10 Å². The van der Waals surface area contributed by atoms with E-state index in [1.54, 1.807) is 4.57 Å². The van der Waals surface area contributed by atoms with Crippen molar-refractivity contribution in [1.29, 1.82) is 0 Å². The summed E-state index contributed by atoms with van der Waals surface area (Å²) in [7, 11) is 0. The molecule has 2 aliphatic rings. The van der Waals surface area contributed by atoms with Crippen molar-refractivity contribution < 1.29 is 0 Å². The van der Waals surface area contributed by atoms with Gasteiger partial charge in [0.05, 0.1) is 10.9 Å². The van der Waals surface area contributed by atoms with Gasteiger partial charge in [0.15, 0.2) is 0 Å². The Labute approximate surface area is 128 Å². The van der Waals surface area contributed by atoms with Crippen molar-refractivity contribution in [3.05, 3.63) is 46.8 Å². The van der Waals surface area contributed by atoms with Gasteiger partial charge in [-0.1, -0.05) is 24.3 Å². The quantitative estimate of drug-likeness (QED) is 0.699. The highest BCUT2D eigenvalue weighted by atomic mass is 16.1. The zero-order valence-corrected chi connectivity index (χ0v) is 12.5. The molecule has 0 saturated heterocycles. The number of hydrogen-bond donors (Lipinski definition) is 1. The predicted octanol–water partition coefficient (Wildman–Crippen LogP) is 2.78. The molecule has 0 bridgehead atoms. The van der Waals surface area contributed by atoms with Crippen molar-refractivity contribution in [2.75, 3.05) is 5.43 Å². The molecule has 2 aliphatic carbocycles. The van der Waals surface area contributed by atoms with Crippen LogP contribution >= 0.6 is 0 Å². The third-order valence-corrected chi connectivity index (χ3v) is 4.64. The summed E-state index contributed by atoms with van der Waals surface area (Å²) in [6.07, 6.45) is 6.60. The molecule has 1 heterocycles. The number of rotatable bonds is 3. The molecule has 4 rings (SSSR count). The molecule has 5 nitrogen and oxygen atoms in total. The molecule has 112 valence electrons. The lowest BCUT2D eigenvalue weighted by atomic mass is 9.74. The third kappa shape index (κ3) is 1.96. The first kappa shape index (κ1) is 13.2. The molecule has 2 atom stereocenters. The zero-order chi connectivity index (χ0) is 15.1. The number of fused-ring (bicyclic) bond motifs is 2. The summed E-state index contributed by atoms with van der Waals surface area (Å²) in [6, 6.07) is 7.42. The van der Waals surface area contributed by atoms with Crippen LogP contribution in [0.4, 0.5) is 5.95 Å². The Hall–Kier alpha value is -2.43. The minimum absolute atomic E-state index is 0.0233. The molecule has 1 aromatic carbocycles. The van der Waals surface area contributed by atoms with Crippen molar-refractivity contribution in [3.8, 4) is 0 Å². The minimum atomic E-state index is -0.0233. The highest BCUT2D eigenvalue weighted by Gasteiger charge is 2.37. The van der Waals surface area contributed by atoms with E-state index in [0.29, 0.717) is 35.2 Å². The van der Waals surface area contributed by atoms with Gasteiger partial charge in [-0.25, -0.2) is 10.4 Å². The number of hydrogen-bond acceptors (Lipinski definition) is 4. The maximum absolute atomic E-state index is 12.5. The van der Waals surface area contributed by atoms with Gasteiger partial charge in [-0.15, -0.1) is 0 Å². The molecule has 0 unspecified atom stereocenters. The SMILES string of the molecule is CCn1c(N/N=C2/C[C@H]3C=CC[C@H]23)nc2ccccc2c1=O. The molecule has 1 fully saturated rings. The smallest absolute Gasteiger partial charge is 0.262 e. The average molecular weight is 294 g/mol. The summed E-state index contributed by atoms with van der Waals surface area (Å²) < 4.78 is 1.63. The second-order valence-corrected chi connectivity index (χ2v) is 5.86. The Kier molecular flexibility index (Phi) is 3.06. The summed E-state index contributed by atoms with van der Waals surface area (Å²) >= 11 is 0. The van der Waals surface area contributed by atoms with Crippen LogP contribution in [0, 0.1) is 11.8 Å².